The second kappa shape index (κ2) is 6.43. The number of hydrogen-bond acceptors (Lipinski definition) is 4. The zero-order chi connectivity index (χ0) is 17.2. The van der Waals surface area contributed by atoms with E-state index in [2.05, 4.69) is 10.3 Å². The molecule has 24 heavy (non-hydrogen) atoms. The van der Waals surface area contributed by atoms with Crippen LogP contribution in [0, 0.1) is 0 Å². The molecular weight excluding hydrogens is 318 g/mol. The number of carbonyl (C=O) groups excluding carboxylic acids is 1. The van der Waals surface area contributed by atoms with Crippen molar-refractivity contribution < 1.29 is 23.0 Å². The quantitative estimate of drug-likeness (QED) is 0.882. The van der Waals surface area contributed by atoms with E-state index in [1.807, 2.05) is 0 Å². The molecule has 1 heterocycles. The molecule has 2 aromatic rings. The Morgan fingerprint density at radius 3 is 2.67 bits per heavy atom. The fourth-order valence-electron chi connectivity index (χ4n) is 2.18. The number of methoxy groups -OCH3 is 1. The number of nitrogens with zero attached hydrogens (tertiary/aromatic N) is 1. The maximum absolute atomic E-state index is 12.8. The summed E-state index contributed by atoms with van der Waals surface area (Å²) < 4.78 is 35.9. The van der Waals surface area contributed by atoms with E-state index in [0.717, 1.165) is 5.56 Å². The molecule has 1 aromatic heterocycles. The first-order valence-electron chi connectivity index (χ1n) is 7.39. The predicted octanol–water partition coefficient (Wildman–Crippen LogP) is 2.81. The van der Waals surface area contributed by atoms with Crippen LogP contribution in [-0.4, -0.2) is 30.0 Å². The van der Waals surface area contributed by atoms with Gasteiger partial charge in [0.15, 0.2) is 6.10 Å². The summed E-state index contributed by atoms with van der Waals surface area (Å²) in [6, 6.07) is 7.85. The van der Waals surface area contributed by atoms with Crippen molar-refractivity contribution in [2.75, 3.05) is 7.11 Å². The SMILES string of the molecule is COc1cnccc1CNC(=O)c1ccc(OC2CC2(F)F)cc1. The Bertz CT molecular complexity index is 735. The van der Waals surface area contributed by atoms with E-state index in [1.54, 1.807) is 18.5 Å². The lowest BCUT2D eigenvalue weighted by Gasteiger charge is -2.10. The minimum absolute atomic E-state index is 0.261. The number of benzene rings is 1. The van der Waals surface area contributed by atoms with Gasteiger partial charge in [0.05, 0.1) is 19.7 Å². The lowest BCUT2D eigenvalue weighted by molar-refractivity contribution is 0.0665. The number of aromatic nitrogens is 1. The highest BCUT2D eigenvalue weighted by molar-refractivity contribution is 5.94. The molecule has 0 saturated heterocycles. The molecule has 1 aliphatic rings. The summed E-state index contributed by atoms with van der Waals surface area (Å²) >= 11 is 0. The second-order valence-electron chi connectivity index (χ2n) is 5.47. The topological polar surface area (TPSA) is 60.5 Å². The van der Waals surface area contributed by atoms with Crippen LogP contribution in [0.1, 0.15) is 22.3 Å². The van der Waals surface area contributed by atoms with Gasteiger partial charge in [-0.3, -0.25) is 9.78 Å². The van der Waals surface area contributed by atoms with E-state index in [1.165, 1.54) is 31.4 Å². The van der Waals surface area contributed by atoms with Crippen LogP contribution in [0.4, 0.5) is 8.78 Å². The fraction of sp³-hybridized carbons (Fsp3) is 0.294. The minimum atomic E-state index is -2.74. The molecular formula is C17H16F2N2O3. The number of alkyl halides is 2. The van der Waals surface area contributed by atoms with Gasteiger partial charge in [-0.05, 0) is 30.3 Å². The van der Waals surface area contributed by atoms with Gasteiger partial charge in [-0.1, -0.05) is 0 Å². The van der Waals surface area contributed by atoms with Gasteiger partial charge in [-0.15, -0.1) is 0 Å². The molecule has 3 rings (SSSR count). The summed E-state index contributed by atoms with van der Waals surface area (Å²) in [4.78, 5) is 16.1. The van der Waals surface area contributed by atoms with E-state index in [9.17, 15) is 13.6 Å². The van der Waals surface area contributed by atoms with Crippen LogP contribution < -0.4 is 14.8 Å². The summed E-state index contributed by atoms with van der Waals surface area (Å²) in [6.07, 6.45) is 1.87. The molecule has 0 aliphatic heterocycles. The summed E-state index contributed by atoms with van der Waals surface area (Å²) in [5.74, 6) is -2.10. The molecule has 7 heteroatoms. The second-order valence-corrected chi connectivity index (χ2v) is 5.47. The number of rotatable bonds is 6. The van der Waals surface area contributed by atoms with Crippen molar-refractivity contribution in [3.63, 3.8) is 0 Å². The van der Waals surface area contributed by atoms with Crippen LogP contribution in [0.25, 0.3) is 0 Å². The first-order valence-corrected chi connectivity index (χ1v) is 7.39. The molecule has 1 N–H and O–H groups in total. The Kier molecular flexibility index (Phi) is 4.33. The maximum Gasteiger partial charge on any atom is 0.288 e. The third-order valence-electron chi connectivity index (χ3n) is 3.69. The molecule has 1 aromatic carbocycles. The van der Waals surface area contributed by atoms with Crippen LogP contribution in [-0.2, 0) is 6.54 Å². The first kappa shape index (κ1) is 16.2. The van der Waals surface area contributed by atoms with Crippen molar-refractivity contribution >= 4 is 5.91 Å². The molecule has 0 spiro atoms. The molecule has 1 aliphatic carbocycles. The van der Waals surface area contributed by atoms with Crippen LogP contribution in [0.2, 0.25) is 0 Å². The predicted molar refractivity (Wildman–Crippen MR) is 82.4 cm³/mol. The lowest BCUT2D eigenvalue weighted by Crippen LogP contribution is -2.23. The van der Waals surface area contributed by atoms with E-state index in [-0.39, 0.29) is 18.9 Å². The Labute approximate surface area is 137 Å². The first-order chi connectivity index (χ1) is 11.5. The standard InChI is InChI=1S/C17H16F2N2O3/c1-23-14-10-20-7-6-12(14)9-21-16(22)11-2-4-13(5-3-11)24-15-8-17(15,18)19/h2-7,10,15H,8-9H2,1H3,(H,21,22). The maximum atomic E-state index is 12.8. The average molecular weight is 334 g/mol. The van der Waals surface area contributed by atoms with Crippen molar-refractivity contribution in [1.29, 1.82) is 0 Å². The highest BCUT2D eigenvalue weighted by Crippen LogP contribution is 2.44. The van der Waals surface area contributed by atoms with Crippen molar-refractivity contribution in [3.05, 3.63) is 53.9 Å². The number of ether oxygens (including phenoxy) is 2. The smallest absolute Gasteiger partial charge is 0.288 e. The Morgan fingerprint density at radius 1 is 1.33 bits per heavy atom. The van der Waals surface area contributed by atoms with Crippen LogP contribution in [0.5, 0.6) is 11.5 Å². The molecule has 1 fully saturated rings. The average Bonchev–Trinajstić information content (AvgIpc) is 3.19. The number of amides is 1. The van der Waals surface area contributed by atoms with Crippen LogP contribution in [0.15, 0.2) is 42.7 Å². The van der Waals surface area contributed by atoms with E-state index < -0.39 is 12.0 Å². The Balaban J connectivity index is 1.57. The molecule has 1 atom stereocenters. The van der Waals surface area contributed by atoms with Crippen molar-refractivity contribution in [2.45, 2.75) is 25.0 Å². The minimum Gasteiger partial charge on any atom is -0.495 e. The Morgan fingerprint density at radius 2 is 2.04 bits per heavy atom. The van der Waals surface area contributed by atoms with Gasteiger partial charge in [0.2, 0.25) is 0 Å². The molecule has 126 valence electrons. The molecule has 0 radical (unpaired) electrons. The monoisotopic (exact) mass is 334 g/mol. The molecule has 1 saturated carbocycles. The molecule has 1 unspecified atom stereocenters. The van der Waals surface area contributed by atoms with Crippen LogP contribution in [0.3, 0.4) is 0 Å². The number of hydrogen-bond donors (Lipinski definition) is 1. The third-order valence-corrected chi connectivity index (χ3v) is 3.69. The number of halogens is 2. The molecule has 5 nitrogen and oxygen atoms in total. The van der Waals surface area contributed by atoms with E-state index >= 15 is 0 Å². The summed E-state index contributed by atoms with van der Waals surface area (Å²) in [5, 5.41) is 2.77. The van der Waals surface area contributed by atoms with Gasteiger partial charge in [-0.25, -0.2) is 8.78 Å². The van der Waals surface area contributed by atoms with Crippen molar-refractivity contribution in [3.8, 4) is 11.5 Å². The third kappa shape index (κ3) is 3.61. The summed E-state index contributed by atoms with van der Waals surface area (Å²) in [7, 11) is 1.53. The highest BCUT2D eigenvalue weighted by Gasteiger charge is 2.59. The fourth-order valence-corrected chi connectivity index (χ4v) is 2.18. The number of nitrogens with one attached hydrogen (secondary N) is 1. The zero-order valence-corrected chi connectivity index (χ0v) is 13.0. The van der Waals surface area contributed by atoms with Gasteiger partial charge in [0, 0.05) is 23.9 Å². The molecule has 1 amide bonds. The van der Waals surface area contributed by atoms with Gasteiger partial charge in [0.25, 0.3) is 11.8 Å². The van der Waals surface area contributed by atoms with Gasteiger partial charge in [0.1, 0.15) is 11.5 Å². The zero-order valence-electron chi connectivity index (χ0n) is 13.0. The van der Waals surface area contributed by atoms with Gasteiger partial charge >= 0.3 is 0 Å². The lowest BCUT2D eigenvalue weighted by atomic mass is 10.2. The van der Waals surface area contributed by atoms with E-state index in [0.29, 0.717) is 17.1 Å². The normalized spacial score (nSPS) is 17.9. The van der Waals surface area contributed by atoms with Crippen LogP contribution >= 0.6 is 0 Å². The van der Waals surface area contributed by atoms with Gasteiger partial charge < -0.3 is 14.8 Å². The number of pyridine rings is 1. The highest BCUT2D eigenvalue weighted by atomic mass is 19.3. The van der Waals surface area contributed by atoms with Crippen molar-refractivity contribution in [1.82, 2.24) is 10.3 Å². The summed E-state index contributed by atoms with van der Waals surface area (Å²) in [6.45, 7) is 0.289. The number of carbonyl (C=O) groups is 1. The van der Waals surface area contributed by atoms with Gasteiger partial charge in [-0.2, -0.15) is 0 Å². The largest absolute Gasteiger partial charge is 0.495 e. The van der Waals surface area contributed by atoms with E-state index in [4.69, 9.17) is 9.47 Å². The summed E-state index contributed by atoms with van der Waals surface area (Å²) in [5.41, 5.74) is 1.22. The Hall–Kier alpha value is -2.70. The van der Waals surface area contributed by atoms with Crippen molar-refractivity contribution in [2.24, 2.45) is 0 Å². The molecule has 0 bridgehead atoms.